The zero-order valence-electron chi connectivity index (χ0n) is 24.8. The Bertz CT molecular complexity index is 1240. The van der Waals surface area contributed by atoms with E-state index in [1.54, 1.807) is 51.7 Å². The van der Waals surface area contributed by atoms with Gasteiger partial charge >= 0.3 is 5.97 Å². The molecule has 1 heterocycles. The van der Waals surface area contributed by atoms with Crippen molar-refractivity contribution in [3.05, 3.63) is 35.9 Å². The molecule has 6 fully saturated rings. The second kappa shape index (κ2) is 9.42. The van der Waals surface area contributed by atoms with Gasteiger partial charge in [-0.1, -0.05) is 18.2 Å². The second-order valence-electron chi connectivity index (χ2n) is 13.7. The molecular formula is C31H43NO10. The lowest BCUT2D eigenvalue weighted by Crippen LogP contribution is -2.80. The Labute approximate surface area is 245 Å². The summed E-state index contributed by atoms with van der Waals surface area (Å²) in [7, 11) is 8.22. The molecule has 5 aliphatic carbocycles. The summed E-state index contributed by atoms with van der Waals surface area (Å²) >= 11 is 0. The van der Waals surface area contributed by atoms with E-state index in [0.717, 1.165) is 0 Å². The zero-order chi connectivity index (χ0) is 30.0. The molecule has 0 aromatic heterocycles. The zero-order valence-corrected chi connectivity index (χ0v) is 24.8. The van der Waals surface area contributed by atoms with Crippen LogP contribution in [0.4, 0.5) is 0 Å². The lowest BCUT2D eigenvalue weighted by molar-refractivity contribution is -0.318. The molecular weight excluding hydrogens is 546 g/mol. The van der Waals surface area contributed by atoms with Crippen LogP contribution in [0.25, 0.3) is 0 Å². The lowest BCUT2D eigenvalue weighted by Gasteiger charge is -2.69. The number of hydrogen-bond donors (Lipinski definition) is 4. The van der Waals surface area contributed by atoms with Crippen LogP contribution in [-0.4, -0.2) is 134 Å². The molecule has 5 unspecified atom stereocenters. The molecule has 0 radical (unpaired) electrons. The largest absolute Gasteiger partial charge is 0.455 e. The van der Waals surface area contributed by atoms with Gasteiger partial charge in [-0.05, 0) is 31.5 Å². The predicted molar refractivity (Wildman–Crippen MR) is 146 cm³/mol. The molecule has 1 spiro atoms. The first-order valence-corrected chi connectivity index (χ1v) is 14.9. The summed E-state index contributed by atoms with van der Waals surface area (Å²) < 4.78 is 30.3. The topological polar surface area (TPSA) is 147 Å². The Morgan fingerprint density at radius 3 is 2.33 bits per heavy atom. The van der Waals surface area contributed by atoms with Gasteiger partial charge in [0.1, 0.15) is 29.5 Å². The summed E-state index contributed by atoms with van der Waals surface area (Å²) in [6.07, 6.45) is -5.28. The van der Waals surface area contributed by atoms with Crippen molar-refractivity contribution in [2.45, 2.75) is 66.7 Å². The SMILES string of the molecule is COC[C@]12CN(C)C3C4C(OC)[C@H]1C3(C(OC)C[C@H]2O)[C@@H]1C[C@@]2(O)[C@H](OC(=O)c3ccccc3)[C@@H]1[C@]4(O)[C@@H](O)[C@@H]2OC. The molecule has 7 rings (SSSR count). The van der Waals surface area contributed by atoms with E-state index in [9.17, 15) is 25.2 Å². The Kier molecular flexibility index (Phi) is 6.52. The molecule has 11 nitrogen and oxygen atoms in total. The third kappa shape index (κ3) is 3.05. The predicted octanol–water partition coefficient (Wildman–Crippen LogP) is -0.313. The average Bonchev–Trinajstić information content (AvgIpc) is 3.37. The monoisotopic (exact) mass is 589 g/mol. The van der Waals surface area contributed by atoms with Gasteiger partial charge in [0.2, 0.25) is 0 Å². The molecule has 5 saturated carbocycles. The van der Waals surface area contributed by atoms with Crippen LogP contribution in [0.15, 0.2) is 30.3 Å². The van der Waals surface area contributed by atoms with Crippen LogP contribution in [0.5, 0.6) is 0 Å². The highest BCUT2D eigenvalue weighted by atomic mass is 16.6. The van der Waals surface area contributed by atoms with Crippen molar-refractivity contribution >= 4 is 5.97 Å². The maximum atomic E-state index is 13.5. The number of rotatable bonds is 7. The van der Waals surface area contributed by atoms with E-state index < -0.39 is 82.4 Å². The normalized spacial score (nSPS) is 53.7. The van der Waals surface area contributed by atoms with E-state index >= 15 is 0 Å². The number of nitrogens with zero attached hydrogens (tertiary/aromatic N) is 1. The van der Waals surface area contributed by atoms with Gasteiger partial charge in [-0.25, -0.2) is 4.79 Å². The van der Waals surface area contributed by atoms with Crippen molar-refractivity contribution < 1.29 is 48.9 Å². The minimum Gasteiger partial charge on any atom is -0.455 e. The molecule has 232 valence electrons. The molecule has 1 aromatic carbocycles. The van der Waals surface area contributed by atoms with E-state index in [4.69, 9.17) is 23.7 Å². The minimum atomic E-state index is -1.86. The molecule has 1 aromatic rings. The van der Waals surface area contributed by atoms with Crippen LogP contribution < -0.4 is 0 Å². The number of esters is 1. The minimum absolute atomic E-state index is 0.102. The Morgan fingerprint density at radius 1 is 1.00 bits per heavy atom. The summed E-state index contributed by atoms with van der Waals surface area (Å²) in [4.78, 5) is 15.7. The third-order valence-corrected chi connectivity index (χ3v) is 12.6. The van der Waals surface area contributed by atoms with Crippen molar-refractivity contribution in [2.24, 2.45) is 34.5 Å². The van der Waals surface area contributed by atoms with Gasteiger partial charge in [-0.3, -0.25) is 0 Å². The quantitative estimate of drug-likeness (QED) is 0.311. The number of aliphatic hydroxyl groups excluding tert-OH is 2. The molecule has 1 aliphatic heterocycles. The number of carbonyl (C=O) groups is 1. The number of ether oxygens (including phenoxy) is 5. The Balaban J connectivity index is 1.47. The number of piperidine rings is 1. The first kappa shape index (κ1) is 29.1. The standard InChI is InChI=1S/C31H43NO10/c1-32-13-28(14-38-2)17(33)11-18(39-3)30-16-12-29(36)25(42-27(35)15-9-7-6-8-10-15)19(16)31(37,24(34)26(29)41-5)20(23(30)32)21(40-4)22(28)30/h6-10,16-26,33-34,36-37H,11-14H2,1-5H3/t16-,17-,18?,19-,20?,21?,22-,23?,24+,25-,26+,28+,29-,30?,31-/m1/s1. The Morgan fingerprint density at radius 2 is 1.71 bits per heavy atom. The van der Waals surface area contributed by atoms with Gasteiger partial charge in [0.05, 0.1) is 30.5 Å². The number of benzene rings is 1. The maximum absolute atomic E-state index is 13.5. The van der Waals surface area contributed by atoms with Crippen LogP contribution in [0, 0.1) is 34.5 Å². The van der Waals surface area contributed by atoms with Gasteiger partial charge in [0, 0.05) is 76.0 Å². The van der Waals surface area contributed by atoms with E-state index in [1.807, 2.05) is 7.05 Å². The highest BCUT2D eigenvalue weighted by Gasteiger charge is 2.91. The fraction of sp³-hybridized carbons (Fsp3) is 0.774. The van der Waals surface area contributed by atoms with Crippen LogP contribution in [0.3, 0.4) is 0 Å². The van der Waals surface area contributed by atoms with Crippen LogP contribution in [-0.2, 0) is 23.7 Å². The molecule has 6 aliphatic rings. The van der Waals surface area contributed by atoms with Crippen LogP contribution >= 0.6 is 0 Å². The maximum Gasteiger partial charge on any atom is 0.338 e. The van der Waals surface area contributed by atoms with Gasteiger partial charge in [0.15, 0.2) is 0 Å². The molecule has 42 heavy (non-hydrogen) atoms. The lowest BCUT2D eigenvalue weighted by atomic mass is 9.42. The van der Waals surface area contributed by atoms with Gasteiger partial charge in [0.25, 0.3) is 0 Å². The van der Waals surface area contributed by atoms with Gasteiger partial charge in [-0.15, -0.1) is 0 Å². The molecule has 4 N–H and O–H groups in total. The molecule has 11 heteroatoms. The first-order chi connectivity index (χ1) is 20.0. The van der Waals surface area contributed by atoms with Gasteiger partial charge in [-0.2, -0.15) is 0 Å². The number of methoxy groups -OCH3 is 4. The van der Waals surface area contributed by atoms with Crippen molar-refractivity contribution in [1.29, 1.82) is 0 Å². The van der Waals surface area contributed by atoms with Crippen molar-refractivity contribution in [3.63, 3.8) is 0 Å². The highest BCUT2D eigenvalue weighted by molar-refractivity contribution is 5.89. The summed E-state index contributed by atoms with van der Waals surface area (Å²) in [6, 6.07) is 8.22. The highest BCUT2D eigenvalue weighted by Crippen LogP contribution is 2.80. The number of fused-ring (bicyclic) bond motifs is 2. The summed E-state index contributed by atoms with van der Waals surface area (Å²) in [5, 5.41) is 49.4. The van der Waals surface area contributed by atoms with Crippen molar-refractivity contribution in [2.75, 3.05) is 48.6 Å². The molecule has 7 bridgehead atoms. The number of likely N-dealkylation sites (tertiary alicyclic amines) is 1. The summed E-state index contributed by atoms with van der Waals surface area (Å²) in [5.74, 6) is -2.96. The van der Waals surface area contributed by atoms with E-state index in [2.05, 4.69) is 4.90 Å². The molecule has 1 saturated heterocycles. The van der Waals surface area contributed by atoms with Crippen molar-refractivity contribution in [1.82, 2.24) is 4.90 Å². The average molecular weight is 590 g/mol. The number of hydrogen-bond acceptors (Lipinski definition) is 11. The fourth-order valence-corrected chi connectivity index (χ4v) is 11.8. The van der Waals surface area contributed by atoms with Crippen molar-refractivity contribution in [3.8, 4) is 0 Å². The number of carbonyl (C=O) groups excluding carboxylic acids is 1. The number of aliphatic hydroxyl groups is 4. The van der Waals surface area contributed by atoms with E-state index in [0.29, 0.717) is 18.5 Å². The van der Waals surface area contributed by atoms with E-state index in [1.165, 1.54) is 7.11 Å². The Hall–Kier alpha value is -1.67. The molecule has 15 atom stereocenters. The molecule has 0 amide bonds. The van der Waals surface area contributed by atoms with E-state index in [-0.39, 0.29) is 25.0 Å². The van der Waals surface area contributed by atoms with Gasteiger partial charge < -0.3 is 49.0 Å². The fourth-order valence-electron chi connectivity index (χ4n) is 11.8. The first-order valence-electron chi connectivity index (χ1n) is 14.9. The second-order valence-corrected chi connectivity index (χ2v) is 13.7. The summed E-state index contributed by atoms with van der Waals surface area (Å²) in [5.41, 5.74) is -4.81. The smallest absolute Gasteiger partial charge is 0.338 e. The third-order valence-electron chi connectivity index (χ3n) is 12.6. The van der Waals surface area contributed by atoms with Crippen LogP contribution in [0.1, 0.15) is 23.2 Å². The summed E-state index contributed by atoms with van der Waals surface area (Å²) in [6.45, 7) is 0.760. The van der Waals surface area contributed by atoms with Crippen LogP contribution in [0.2, 0.25) is 0 Å².